The first-order chi connectivity index (χ1) is 9.11. The lowest BCUT2D eigenvalue weighted by atomic mass is 10.1. The average Bonchev–Trinajstić information content (AvgIpc) is 2.41. The van der Waals surface area contributed by atoms with E-state index in [9.17, 15) is 9.18 Å². The second-order valence-corrected chi connectivity index (χ2v) is 4.30. The van der Waals surface area contributed by atoms with Gasteiger partial charge in [-0.3, -0.25) is 4.79 Å². The number of hydrogen-bond donors (Lipinski definition) is 0. The minimum Gasteiger partial charge on any atom is -0.494 e. The maximum Gasteiger partial charge on any atom is 0.189 e. The van der Waals surface area contributed by atoms with E-state index in [1.54, 1.807) is 12.1 Å². The van der Waals surface area contributed by atoms with Crippen LogP contribution in [0.5, 0.6) is 5.75 Å². The van der Waals surface area contributed by atoms with E-state index in [1.165, 1.54) is 31.5 Å². The van der Waals surface area contributed by atoms with E-state index in [4.69, 9.17) is 16.3 Å². The van der Waals surface area contributed by atoms with Crippen LogP contribution in [0.2, 0.25) is 5.02 Å². The third-order valence-corrected chi connectivity index (χ3v) is 2.97. The number of ketones is 1. The Kier molecular flexibility index (Phi) is 4.12. The number of carbonyl (C=O) groups is 1. The molecule has 0 bridgehead atoms. The second-order valence-electron chi connectivity index (χ2n) is 3.89. The summed E-state index contributed by atoms with van der Waals surface area (Å²) in [6.45, 7) is 0. The third kappa shape index (κ3) is 3.09. The number of nitrogens with zero attached hydrogens (tertiary/aromatic N) is 1. The molecular formula is C14H11ClFNO2. The SMILES string of the molecule is COc1cccnc1C(=O)Cc1ccc(F)cc1Cl. The molecule has 3 nitrogen and oxygen atoms in total. The van der Waals surface area contributed by atoms with Gasteiger partial charge in [0.25, 0.3) is 0 Å². The minimum atomic E-state index is -0.434. The molecule has 0 saturated carbocycles. The highest BCUT2D eigenvalue weighted by Gasteiger charge is 2.15. The Balaban J connectivity index is 2.26. The van der Waals surface area contributed by atoms with Crippen LogP contribution < -0.4 is 4.74 Å². The number of Topliss-reactive ketones (excluding diaryl/α,β-unsaturated/α-hetero) is 1. The Labute approximate surface area is 115 Å². The van der Waals surface area contributed by atoms with Gasteiger partial charge in [-0.15, -0.1) is 0 Å². The number of hydrogen-bond acceptors (Lipinski definition) is 3. The number of methoxy groups -OCH3 is 1. The fourth-order valence-electron chi connectivity index (χ4n) is 1.69. The lowest BCUT2D eigenvalue weighted by Crippen LogP contribution is -2.08. The van der Waals surface area contributed by atoms with Crippen molar-refractivity contribution in [2.45, 2.75) is 6.42 Å². The molecule has 19 heavy (non-hydrogen) atoms. The Hall–Kier alpha value is -1.94. The average molecular weight is 280 g/mol. The molecule has 0 radical (unpaired) electrons. The topological polar surface area (TPSA) is 39.2 Å². The van der Waals surface area contributed by atoms with E-state index >= 15 is 0 Å². The van der Waals surface area contributed by atoms with Gasteiger partial charge in [0.2, 0.25) is 0 Å². The molecule has 0 aliphatic carbocycles. The van der Waals surface area contributed by atoms with Gasteiger partial charge in [-0.2, -0.15) is 0 Å². The first-order valence-corrected chi connectivity index (χ1v) is 5.95. The molecule has 0 fully saturated rings. The zero-order valence-corrected chi connectivity index (χ0v) is 10.9. The maximum absolute atomic E-state index is 12.9. The molecule has 0 atom stereocenters. The minimum absolute atomic E-state index is 0.0481. The van der Waals surface area contributed by atoms with Gasteiger partial charge < -0.3 is 4.74 Å². The van der Waals surface area contributed by atoms with Crippen molar-refractivity contribution in [3.63, 3.8) is 0 Å². The van der Waals surface area contributed by atoms with E-state index in [0.717, 1.165) is 0 Å². The van der Waals surface area contributed by atoms with E-state index in [1.807, 2.05) is 0 Å². The van der Waals surface area contributed by atoms with E-state index in [2.05, 4.69) is 4.98 Å². The summed E-state index contributed by atoms with van der Waals surface area (Å²) in [4.78, 5) is 16.1. The fourth-order valence-corrected chi connectivity index (χ4v) is 1.92. The molecule has 1 aromatic heterocycles. The number of carbonyl (C=O) groups excluding carboxylic acids is 1. The summed E-state index contributed by atoms with van der Waals surface area (Å²) >= 11 is 5.89. The summed E-state index contributed by atoms with van der Waals surface area (Å²) < 4.78 is 18.0. The summed E-state index contributed by atoms with van der Waals surface area (Å²) in [5, 5.41) is 0.225. The molecule has 2 rings (SSSR count). The van der Waals surface area contributed by atoms with Crippen molar-refractivity contribution in [1.82, 2.24) is 4.98 Å². The summed E-state index contributed by atoms with van der Waals surface area (Å²) in [6, 6.07) is 7.28. The van der Waals surface area contributed by atoms with Crippen molar-refractivity contribution in [1.29, 1.82) is 0 Å². The predicted octanol–water partition coefficient (Wildman–Crippen LogP) is 3.31. The molecule has 0 N–H and O–H groups in total. The molecule has 1 aromatic carbocycles. The van der Waals surface area contributed by atoms with E-state index in [-0.39, 0.29) is 22.9 Å². The number of halogens is 2. The van der Waals surface area contributed by atoms with Crippen LogP contribution in [0.15, 0.2) is 36.5 Å². The van der Waals surface area contributed by atoms with Crippen molar-refractivity contribution in [3.05, 3.63) is 58.6 Å². The first kappa shape index (κ1) is 13.5. The van der Waals surface area contributed by atoms with Crippen LogP contribution >= 0.6 is 11.6 Å². The Morgan fingerprint density at radius 1 is 1.42 bits per heavy atom. The zero-order valence-electron chi connectivity index (χ0n) is 10.2. The fraction of sp³-hybridized carbons (Fsp3) is 0.143. The van der Waals surface area contributed by atoms with Crippen LogP contribution in [-0.2, 0) is 6.42 Å². The molecule has 0 saturated heterocycles. The van der Waals surface area contributed by atoms with Crippen LogP contribution in [-0.4, -0.2) is 17.9 Å². The summed E-state index contributed by atoms with van der Waals surface area (Å²) in [5.74, 6) is -0.256. The molecule has 0 spiro atoms. The highest BCUT2D eigenvalue weighted by molar-refractivity contribution is 6.31. The van der Waals surface area contributed by atoms with Crippen molar-refractivity contribution in [2.75, 3.05) is 7.11 Å². The highest BCUT2D eigenvalue weighted by atomic mass is 35.5. The summed E-state index contributed by atoms with van der Waals surface area (Å²) in [5.41, 5.74) is 0.797. The predicted molar refractivity (Wildman–Crippen MR) is 70.2 cm³/mol. The first-order valence-electron chi connectivity index (χ1n) is 5.58. The number of pyridine rings is 1. The normalized spacial score (nSPS) is 10.3. The van der Waals surface area contributed by atoms with Gasteiger partial charge in [-0.25, -0.2) is 9.37 Å². The van der Waals surface area contributed by atoms with Gasteiger partial charge in [-0.1, -0.05) is 17.7 Å². The van der Waals surface area contributed by atoms with E-state index < -0.39 is 5.82 Å². The molecule has 2 aromatic rings. The monoisotopic (exact) mass is 279 g/mol. The van der Waals surface area contributed by atoms with Crippen LogP contribution in [0.3, 0.4) is 0 Å². The largest absolute Gasteiger partial charge is 0.494 e. The van der Waals surface area contributed by atoms with Gasteiger partial charge in [0.1, 0.15) is 17.3 Å². The second kappa shape index (κ2) is 5.80. The maximum atomic E-state index is 12.9. The van der Waals surface area contributed by atoms with Crippen LogP contribution in [0.1, 0.15) is 16.1 Å². The van der Waals surface area contributed by atoms with E-state index in [0.29, 0.717) is 11.3 Å². The number of benzene rings is 1. The Morgan fingerprint density at radius 3 is 2.89 bits per heavy atom. The van der Waals surface area contributed by atoms with Crippen LogP contribution in [0.4, 0.5) is 4.39 Å². The van der Waals surface area contributed by atoms with Crippen LogP contribution in [0, 0.1) is 5.82 Å². The Morgan fingerprint density at radius 2 is 2.21 bits per heavy atom. The zero-order chi connectivity index (χ0) is 13.8. The van der Waals surface area contributed by atoms with Gasteiger partial charge in [-0.05, 0) is 29.8 Å². The van der Waals surface area contributed by atoms with Crippen molar-refractivity contribution < 1.29 is 13.9 Å². The summed E-state index contributed by atoms with van der Waals surface area (Å²) in [6.07, 6.45) is 1.56. The molecule has 0 aliphatic rings. The van der Waals surface area contributed by atoms with Crippen molar-refractivity contribution in [3.8, 4) is 5.75 Å². The van der Waals surface area contributed by atoms with Gasteiger partial charge in [0.05, 0.1) is 7.11 Å². The van der Waals surface area contributed by atoms with Gasteiger partial charge in [0.15, 0.2) is 5.78 Å². The lowest BCUT2D eigenvalue weighted by Gasteiger charge is -2.07. The van der Waals surface area contributed by atoms with Gasteiger partial charge in [0, 0.05) is 17.6 Å². The third-order valence-electron chi connectivity index (χ3n) is 2.62. The molecular weight excluding hydrogens is 269 g/mol. The number of rotatable bonds is 4. The molecule has 5 heteroatoms. The molecule has 1 heterocycles. The Bertz CT molecular complexity index is 616. The quantitative estimate of drug-likeness (QED) is 0.806. The molecule has 0 unspecified atom stereocenters. The standard InChI is InChI=1S/C14H11ClFNO2/c1-19-13-3-2-6-17-14(13)12(18)7-9-4-5-10(16)8-11(9)15/h2-6,8H,7H2,1H3. The lowest BCUT2D eigenvalue weighted by molar-refractivity contribution is 0.0985. The smallest absolute Gasteiger partial charge is 0.189 e. The molecule has 0 amide bonds. The number of aromatic nitrogens is 1. The molecule has 98 valence electrons. The van der Waals surface area contributed by atoms with Crippen molar-refractivity contribution >= 4 is 17.4 Å². The van der Waals surface area contributed by atoms with Gasteiger partial charge >= 0.3 is 0 Å². The van der Waals surface area contributed by atoms with Crippen LogP contribution in [0.25, 0.3) is 0 Å². The summed E-state index contributed by atoms with van der Waals surface area (Å²) in [7, 11) is 1.47. The number of ether oxygens (including phenoxy) is 1. The van der Waals surface area contributed by atoms with Crippen molar-refractivity contribution in [2.24, 2.45) is 0 Å². The molecule has 0 aliphatic heterocycles. The highest BCUT2D eigenvalue weighted by Crippen LogP contribution is 2.21.